The quantitative estimate of drug-likeness (QED) is 0.139. The van der Waals surface area contributed by atoms with Crippen LogP contribution in [-0.4, -0.2) is 18.2 Å². The van der Waals surface area contributed by atoms with E-state index in [-0.39, 0.29) is 17.1 Å². The lowest BCUT2D eigenvalue weighted by Crippen LogP contribution is -2.28. The summed E-state index contributed by atoms with van der Waals surface area (Å²) in [4.78, 5) is 2.10. The van der Waals surface area contributed by atoms with Crippen LogP contribution < -0.4 is 10.6 Å². The van der Waals surface area contributed by atoms with E-state index in [1.807, 2.05) is 48.4 Å². The standard InChI is InChI=1S/C38H45FN4S/c1-8-34(36-19-12-10-15-28(36)3)21-20-30(5)41-25-32-16-13-17-33(23-32)26-42-38(43(7)31(6)37(24-40)44-39)22-29(4)35-18-11-9-14-27(35)2/h8-9,11-14,16-24,40-42H,4-5,10,15,25-26H2,1-3,6-7H3/b21-20+,34-8-,37-31+,38-22-,40-24?. The summed E-state index contributed by atoms with van der Waals surface area (Å²) in [7, 11) is 1.86. The Hall–Kier alpha value is -4.29. The summed E-state index contributed by atoms with van der Waals surface area (Å²) in [6, 6.07) is 16.5. The minimum absolute atomic E-state index is 0.0693. The van der Waals surface area contributed by atoms with Crippen LogP contribution in [0.15, 0.2) is 137 Å². The number of allylic oxidation sites excluding steroid dienone is 12. The highest BCUT2D eigenvalue weighted by molar-refractivity contribution is 7.99. The molecular weight excluding hydrogens is 564 g/mol. The second kappa shape index (κ2) is 17.1. The van der Waals surface area contributed by atoms with Gasteiger partial charge < -0.3 is 20.9 Å². The molecule has 0 amide bonds. The molecule has 1 aliphatic rings. The lowest BCUT2D eigenvalue weighted by Gasteiger charge is -2.26. The van der Waals surface area contributed by atoms with Crippen LogP contribution in [0.25, 0.3) is 5.57 Å². The largest absolute Gasteiger partial charge is 0.381 e. The van der Waals surface area contributed by atoms with Crippen molar-refractivity contribution in [1.29, 1.82) is 5.41 Å². The van der Waals surface area contributed by atoms with Gasteiger partial charge in [0.05, 0.1) is 17.1 Å². The molecular formula is C38H45FN4S. The number of halogens is 1. The van der Waals surface area contributed by atoms with Crippen molar-refractivity contribution in [2.75, 3.05) is 7.05 Å². The zero-order chi connectivity index (χ0) is 32.1. The summed E-state index contributed by atoms with van der Waals surface area (Å²) in [6.45, 7) is 17.8. The first-order valence-electron chi connectivity index (χ1n) is 14.8. The Labute approximate surface area is 268 Å². The van der Waals surface area contributed by atoms with Gasteiger partial charge in [-0.05, 0) is 91.7 Å². The molecule has 4 nitrogen and oxygen atoms in total. The lowest BCUT2D eigenvalue weighted by atomic mass is 9.93. The molecule has 0 aliphatic heterocycles. The van der Waals surface area contributed by atoms with Crippen molar-refractivity contribution in [1.82, 2.24) is 15.5 Å². The smallest absolute Gasteiger partial charge is 0.106 e. The molecule has 230 valence electrons. The van der Waals surface area contributed by atoms with Crippen LogP contribution in [0.5, 0.6) is 0 Å². The molecule has 2 aromatic rings. The molecule has 0 fully saturated rings. The van der Waals surface area contributed by atoms with Gasteiger partial charge in [-0.25, -0.2) is 0 Å². The highest BCUT2D eigenvalue weighted by Gasteiger charge is 2.13. The predicted molar refractivity (Wildman–Crippen MR) is 189 cm³/mol. The average molecular weight is 609 g/mol. The van der Waals surface area contributed by atoms with Gasteiger partial charge in [-0.15, -0.1) is 0 Å². The molecule has 0 saturated heterocycles. The summed E-state index contributed by atoms with van der Waals surface area (Å²) >= 11 is 0.0693. The van der Waals surface area contributed by atoms with E-state index in [1.165, 1.54) is 16.7 Å². The molecule has 3 rings (SSSR count). The fourth-order valence-corrected chi connectivity index (χ4v) is 5.23. The third kappa shape index (κ3) is 9.61. The Balaban J connectivity index is 1.72. The molecule has 0 radical (unpaired) electrons. The van der Waals surface area contributed by atoms with Crippen LogP contribution in [0.1, 0.15) is 55.9 Å². The highest BCUT2D eigenvalue weighted by atomic mass is 32.2. The maximum absolute atomic E-state index is 13.5. The van der Waals surface area contributed by atoms with E-state index >= 15 is 0 Å². The Kier molecular flexibility index (Phi) is 13.3. The van der Waals surface area contributed by atoms with E-state index in [1.54, 1.807) is 6.92 Å². The second-order valence-electron chi connectivity index (χ2n) is 10.9. The van der Waals surface area contributed by atoms with Crippen LogP contribution in [0, 0.1) is 12.3 Å². The highest BCUT2D eigenvalue weighted by Crippen LogP contribution is 2.26. The van der Waals surface area contributed by atoms with Crippen LogP contribution >= 0.6 is 12.1 Å². The van der Waals surface area contributed by atoms with E-state index in [9.17, 15) is 3.89 Å². The van der Waals surface area contributed by atoms with E-state index in [4.69, 9.17) is 5.41 Å². The number of hydrogen-bond donors (Lipinski definition) is 3. The SMILES string of the molecule is C=C(/C=C/C(=C/C)C1=C(C)CCC=C1)NCc1cccc(CN/C(=C/C(=C)c2ccccc2C)N(C)/C(C)=C(\C=N)SF)c1. The summed E-state index contributed by atoms with van der Waals surface area (Å²) < 4.78 is 13.5. The number of benzene rings is 2. The van der Waals surface area contributed by atoms with Crippen molar-refractivity contribution in [2.45, 2.75) is 53.6 Å². The minimum Gasteiger partial charge on any atom is -0.381 e. The van der Waals surface area contributed by atoms with Crippen molar-refractivity contribution in [3.05, 3.63) is 159 Å². The Morgan fingerprint density at radius 3 is 2.39 bits per heavy atom. The number of aryl methyl sites for hydroxylation is 1. The first-order chi connectivity index (χ1) is 21.2. The van der Waals surface area contributed by atoms with E-state index < -0.39 is 0 Å². The van der Waals surface area contributed by atoms with Crippen LogP contribution in [-0.2, 0) is 13.1 Å². The first kappa shape index (κ1) is 34.2. The molecule has 1 aliphatic carbocycles. The van der Waals surface area contributed by atoms with Gasteiger partial charge in [0.1, 0.15) is 5.82 Å². The molecule has 0 atom stereocenters. The topological polar surface area (TPSA) is 51.1 Å². The van der Waals surface area contributed by atoms with Gasteiger partial charge in [-0.3, -0.25) is 0 Å². The number of rotatable bonds is 15. The molecule has 0 bridgehead atoms. The molecule has 0 heterocycles. The van der Waals surface area contributed by atoms with E-state index in [0.717, 1.165) is 58.4 Å². The van der Waals surface area contributed by atoms with Crippen molar-refractivity contribution in [2.24, 2.45) is 0 Å². The van der Waals surface area contributed by atoms with Gasteiger partial charge in [0.25, 0.3) is 0 Å². The molecule has 2 aromatic carbocycles. The maximum Gasteiger partial charge on any atom is 0.106 e. The van der Waals surface area contributed by atoms with Gasteiger partial charge in [0, 0.05) is 37.7 Å². The number of nitrogens with zero attached hydrogens (tertiary/aromatic N) is 1. The van der Waals surface area contributed by atoms with Crippen molar-refractivity contribution in [3.8, 4) is 0 Å². The average Bonchev–Trinajstić information content (AvgIpc) is 3.03. The van der Waals surface area contributed by atoms with Crippen molar-refractivity contribution < 1.29 is 3.89 Å². The minimum atomic E-state index is 0.0693. The zero-order valence-electron chi connectivity index (χ0n) is 26.6. The Morgan fingerprint density at radius 2 is 1.75 bits per heavy atom. The maximum atomic E-state index is 13.5. The summed E-state index contributed by atoms with van der Waals surface area (Å²) in [5.41, 5.74) is 10.6. The Bertz CT molecular complexity index is 1550. The van der Waals surface area contributed by atoms with Crippen molar-refractivity contribution >= 4 is 23.9 Å². The van der Waals surface area contributed by atoms with Gasteiger partial charge in [-0.1, -0.05) is 91.6 Å². The summed E-state index contributed by atoms with van der Waals surface area (Å²) in [5.74, 6) is 0.754. The molecule has 0 saturated carbocycles. The first-order valence-corrected chi connectivity index (χ1v) is 15.6. The fraction of sp³-hybridized carbons (Fsp3) is 0.237. The van der Waals surface area contributed by atoms with Gasteiger partial charge >= 0.3 is 0 Å². The summed E-state index contributed by atoms with van der Waals surface area (Å²) in [5, 5.41) is 14.6. The molecule has 6 heteroatoms. The Morgan fingerprint density at radius 1 is 1.05 bits per heavy atom. The van der Waals surface area contributed by atoms with Crippen LogP contribution in [0.2, 0.25) is 0 Å². The van der Waals surface area contributed by atoms with E-state index in [0.29, 0.717) is 18.8 Å². The predicted octanol–water partition coefficient (Wildman–Crippen LogP) is 9.84. The molecule has 44 heavy (non-hydrogen) atoms. The fourth-order valence-electron chi connectivity index (χ4n) is 4.94. The summed E-state index contributed by atoms with van der Waals surface area (Å²) in [6.07, 6.45) is 16.0. The third-order valence-corrected chi connectivity index (χ3v) is 8.32. The zero-order valence-corrected chi connectivity index (χ0v) is 27.5. The van der Waals surface area contributed by atoms with Gasteiger partial charge in [0.2, 0.25) is 0 Å². The number of hydrogen-bond acceptors (Lipinski definition) is 5. The lowest BCUT2D eigenvalue weighted by molar-refractivity contribution is 0.467. The van der Waals surface area contributed by atoms with Crippen molar-refractivity contribution in [3.63, 3.8) is 0 Å². The number of nitrogens with one attached hydrogen (secondary N) is 3. The molecule has 0 aromatic heterocycles. The molecule has 3 N–H and O–H groups in total. The normalized spacial score (nSPS) is 14.4. The van der Waals surface area contributed by atoms with Crippen LogP contribution in [0.4, 0.5) is 3.89 Å². The van der Waals surface area contributed by atoms with Gasteiger partial charge in [0.15, 0.2) is 0 Å². The van der Waals surface area contributed by atoms with Gasteiger partial charge in [-0.2, -0.15) is 3.89 Å². The molecule has 0 spiro atoms. The third-order valence-electron chi connectivity index (χ3n) is 7.74. The molecule has 0 unspecified atom stereocenters. The van der Waals surface area contributed by atoms with Crippen LogP contribution in [0.3, 0.4) is 0 Å². The second-order valence-corrected chi connectivity index (χ2v) is 11.5. The van der Waals surface area contributed by atoms with E-state index in [2.05, 4.69) is 93.1 Å². The monoisotopic (exact) mass is 608 g/mol.